The Kier molecular flexibility index (Phi) is 23.6. The number of carbonyl (C=O) groups excluding carboxylic acids is 3. The number of nitriles is 1. The van der Waals surface area contributed by atoms with Crippen molar-refractivity contribution in [3.05, 3.63) is 41.2 Å². The summed E-state index contributed by atoms with van der Waals surface area (Å²) in [6, 6.07) is 7.50. The van der Waals surface area contributed by atoms with E-state index < -0.39 is 11.7 Å². The van der Waals surface area contributed by atoms with Crippen LogP contribution in [0.4, 0.5) is 4.39 Å². The molecule has 1 heterocycles. The molecule has 14 heteroatoms. The molecule has 1 fully saturated rings. The van der Waals surface area contributed by atoms with Gasteiger partial charge < -0.3 is 44.0 Å². The topological polar surface area (TPSA) is 148 Å². The van der Waals surface area contributed by atoms with E-state index in [-0.39, 0.29) is 68.5 Å². The van der Waals surface area contributed by atoms with E-state index in [1.807, 2.05) is 6.07 Å². The summed E-state index contributed by atoms with van der Waals surface area (Å²) < 4.78 is 40.3. The minimum atomic E-state index is -0.435. The van der Waals surface area contributed by atoms with E-state index >= 15 is 0 Å². The molecule has 46 heavy (non-hydrogen) atoms. The zero-order chi connectivity index (χ0) is 32.7. The van der Waals surface area contributed by atoms with Crippen LogP contribution in [0, 0.1) is 73.5 Å². The summed E-state index contributed by atoms with van der Waals surface area (Å²) in [5.41, 5.74) is 0.495. The van der Waals surface area contributed by atoms with Gasteiger partial charge in [0.15, 0.2) is 0 Å². The molecule has 259 valence electrons. The van der Waals surface area contributed by atoms with Gasteiger partial charge in [-0.05, 0) is 42.0 Å². The standard InChI is InChI=1S/C32H46FN4O8.Tb/c1-25(2)19-28-22-37(32(40)27(21-34)20-26-3-5-29(33)6-4-26)23-30(28)31(39)36-8-10-42-12-14-44-16-18-45-17-15-43-13-11-41-9-7-35-24-38;/h3-6,20,25,28,30H,7-19,22-23H2,1-2H3,(H,35,38)(H,36,39);/q-1;/b27-20+;/t28-,30-;/m1./s1. The quantitative estimate of drug-likeness (QED) is 0.0525. The number of benzene rings is 1. The first-order valence-corrected chi connectivity index (χ1v) is 15.3. The molecule has 2 rings (SSSR count). The predicted molar refractivity (Wildman–Crippen MR) is 164 cm³/mol. The molecular formula is C32H46FN4O8Tb-. The number of halogens is 1. The number of nitrogens with zero attached hydrogens (tertiary/aromatic N) is 2. The molecule has 12 nitrogen and oxygen atoms in total. The van der Waals surface area contributed by atoms with Crippen molar-refractivity contribution >= 4 is 24.3 Å². The van der Waals surface area contributed by atoms with Crippen LogP contribution in [0.3, 0.4) is 0 Å². The van der Waals surface area contributed by atoms with Crippen LogP contribution in [0.25, 0.3) is 6.08 Å². The number of ether oxygens (including phenoxy) is 5. The minimum Gasteiger partial charge on any atom is -0.528 e. The SMILES string of the molecule is CC(C)C[C@@H]1CN(C(=O)/C(C#N)=C/c2ccc(F)cc2)C[C@H]1C(=O)NCCOCCOCCOCCOCCOCCN[C-]=O.[Tb]. The third kappa shape index (κ3) is 17.7. The second-order valence-corrected chi connectivity index (χ2v) is 10.8. The van der Waals surface area contributed by atoms with Crippen LogP contribution >= 0.6 is 0 Å². The summed E-state index contributed by atoms with van der Waals surface area (Å²) in [5.74, 6) is -1.06. The molecule has 0 aromatic heterocycles. The van der Waals surface area contributed by atoms with Gasteiger partial charge in [0.05, 0.1) is 72.0 Å². The second kappa shape index (κ2) is 25.9. The first-order valence-electron chi connectivity index (χ1n) is 15.3. The van der Waals surface area contributed by atoms with Gasteiger partial charge >= 0.3 is 0 Å². The van der Waals surface area contributed by atoms with Crippen molar-refractivity contribution < 1.29 is 81.1 Å². The van der Waals surface area contributed by atoms with Crippen LogP contribution in [0.5, 0.6) is 0 Å². The van der Waals surface area contributed by atoms with Crippen LogP contribution in [0.15, 0.2) is 29.8 Å². The van der Waals surface area contributed by atoms with E-state index in [1.54, 1.807) is 11.3 Å². The molecule has 2 atom stereocenters. The van der Waals surface area contributed by atoms with Crippen molar-refractivity contribution in [2.45, 2.75) is 20.3 Å². The Morgan fingerprint density at radius 3 is 1.96 bits per heavy atom. The summed E-state index contributed by atoms with van der Waals surface area (Å²) >= 11 is 0. The summed E-state index contributed by atoms with van der Waals surface area (Å²) in [6.45, 7) is 9.63. The van der Waals surface area contributed by atoms with Crippen LogP contribution in [-0.2, 0) is 38.1 Å². The van der Waals surface area contributed by atoms with Gasteiger partial charge in [-0.3, -0.25) is 9.59 Å². The number of hydrogen-bond acceptors (Lipinski definition) is 9. The van der Waals surface area contributed by atoms with Gasteiger partial charge in [0, 0.05) is 64.8 Å². The molecule has 3 amide bonds. The van der Waals surface area contributed by atoms with Crippen molar-refractivity contribution in [1.29, 1.82) is 5.26 Å². The molecule has 2 N–H and O–H groups in total. The van der Waals surface area contributed by atoms with Crippen molar-refractivity contribution in [1.82, 2.24) is 15.5 Å². The molecule has 0 unspecified atom stereocenters. The Hall–Kier alpha value is -2.12. The maximum absolute atomic E-state index is 13.2. The molecule has 0 saturated carbocycles. The Bertz CT molecular complexity index is 1090. The third-order valence-corrected chi connectivity index (χ3v) is 6.85. The normalized spacial score (nSPS) is 16.2. The molecular weight excluding hydrogens is 746 g/mol. The second-order valence-electron chi connectivity index (χ2n) is 10.8. The van der Waals surface area contributed by atoms with E-state index in [4.69, 9.17) is 23.7 Å². The summed E-state index contributed by atoms with van der Waals surface area (Å²) in [6.07, 6.45) is 3.78. The molecule has 0 aliphatic carbocycles. The predicted octanol–water partition coefficient (Wildman–Crippen LogP) is 1.71. The zero-order valence-corrected chi connectivity index (χ0v) is 28.7. The molecule has 1 aliphatic heterocycles. The van der Waals surface area contributed by atoms with Gasteiger partial charge in [0.2, 0.25) is 5.91 Å². The van der Waals surface area contributed by atoms with Gasteiger partial charge in [0.25, 0.3) is 5.91 Å². The van der Waals surface area contributed by atoms with E-state index in [1.165, 1.54) is 30.3 Å². The fourth-order valence-corrected chi connectivity index (χ4v) is 4.75. The molecule has 1 aromatic carbocycles. The summed E-state index contributed by atoms with van der Waals surface area (Å²) in [5, 5.41) is 14.9. The number of nitrogens with one attached hydrogen (secondary N) is 2. The van der Waals surface area contributed by atoms with E-state index in [2.05, 4.69) is 24.5 Å². The Morgan fingerprint density at radius 1 is 0.935 bits per heavy atom. The average Bonchev–Trinajstić information content (AvgIpc) is 3.44. The summed E-state index contributed by atoms with van der Waals surface area (Å²) in [4.78, 5) is 37.8. The van der Waals surface area contributed by atoms with Crippen molar-refractivity contribution in [3.63, 3.8) is 0 Å². The fraction of sp³-hybridized carbons (Fsp3) is 0.625. The smallest absolute Gasteiger partial charge is 0.264 e. The maximum atomic E-state index is 13.2. The number of amides is 3. The molecule has 1 aromatic rings. The average molecular weight is 793 g/mol. The van der Waals surface area contributed by atoms with Gasteiger partial charge in [0.1, 0.15) is 17.5 Å². The number of carbonyl (C=O) groups is 2. The molecule has 1 saturated heterocycles. The zero-order valence-electron chi connectivity index (χ0n) is 26.6. The maximum Gasteiger partial charge on any atom is 0.264 e. The fourth-order valence-electron chi connectivity index (χ4n) is 4.75. The van der Waals surface area contributed by atoms with Crippen LogP contribution < -0.4 is 10.6 Å². The Labute approximate surface area is 302 Å². The van der Waals surface area contributed by atoms with E-state index in [0.29, 0.717) is 97.2 Å². The van der Waals surface area contributed by atoms with Gasteiger partial charge in [-0.25, -0.2) is 4.39 Å². The van der Waals surface area contributed by atoms with Crippen molar-refractivity contribution in [3.8, 4) is 6.07 Å². The Morgan fingerprint density at radius 2 is 1.46 bits per heavy atom. The molecule has 0 bridgehead atoms. The minimum absolute atomic E-state index is 0. The first kappa shape index (κ1) is 41.9. The van der Waals surface area contributed by atoms with Crippen LogP contribution in [-0.4, -0.2) is 115 Å². The van der Waals surface area contributed by atoms with Gasteiger partial charge in [-0.2, -0.15) is 11.7 Å². The number of hydrogen-bond donors (Lipinski definition) is 2. The monoisotopic (exact) mass is 792 g/mol. The van der Waals surface area contributed by atoms with Crippen LogP contribution in [0.2, 0.25) is 0 Å². The molecule has 1 radical (unpaired) electrons. The van der Waals surface area contributed by atoms with Gasteiger partial charge in [-0.15, -0.1) is 0 Å². The Balaban J connectivity index is 0.0000106. The number of rotatable bonds is 24. The molecule has 1 aliphatic rings. The summed E-state index contributed by atoms with van der Waals surface area (Å²) in [7, 11) is 0. The third-order valence-electron chi connectivity index (χ3n) is 6.85. The number of likely N-dealkylation sites (tertiary alicyclic amines) is 1. The van der Waals surface area contributed by atoms with E-state index in [0.717, 1.165) is 6.42 Å². The largest absolute Gasteiger partial charge is 0.528 e. The van der Waals surface area contributed by atoms with Crippen molar-refractivity contribution in [2.75, 3.05) is 92.2 Å². The van der Waals surface area contributed by atoms with Gasteiger partial charge in [-0.1, -0.05) is 26.0 Å². The van der Waals surface area contributed by atoms with Crippen LogP contribution in [0.1, 0.15) is 25.8 Å². The van der Waals surface area contributed by atoms with Crippen molar-refractivity contribution in [2.24, 2.45) is 17.8 Å². The molecule has 0 spiro atoms. The first-order chi connectivity index (χ1) is 21.8. The van der Waals surface area contributed by atoms with E-state index in [9.17, 15) is 24.0 Å².